The van der Waals surface area contributed by atoms with Crippen LogP contribution in [-0.4, -0.2) is 61.9 Å². The summed E-state index contributed by atoms with van der Waals surface area (Å²) in [5.74, 6) is -0.746. The van der Waals surface area contributed by atoms with E-state index in [1.165, 1.54) is 11.9 Å². The van der Waals surface area contributed by atoms with Crippen molar-refractivity contribution in [3.8, 4) is 0 Å². The Balaban J connectivity index is 2.57. The Morgan fingerprint density at radius 2 is 1.70 bits per heavy atom. The van der Waals surface area contributed by atoms with E-state index in [9.17, 15) is 14.4 Å². The molecule has 0 heterocycles. The maximum atomic E-state index is 12.4. The van der Waals surface area contributed by atoms with Crippen LogP contribution in [-0.2, 0) is 14.4 Å². The first-order valence-corrected chi connectivity index (χ1v) is 9.50. The molecule has 0 saturated heterocycles. The summed E-state index contributed by atoms with van der Waals surface area (Å²) in [6, 6.07) is 4.95. The number of carbonyl (C=O) groups excluding carboxylic acids is 3. The fraction of sp³-hybridized carbons (Fsp3) is 0.500. The number of quaternary nitrogens is 1. The standard InChI is InChI=1S/C18H26Cl2N4O3/c1-5-24(10-16(26)21-12(2)3)11-17(27)23(4)9-15(25)22-18-13(19)7-6-8-14(18)20/h6-8,12H,5,9-11H2,1-4H3,(H,21,26)(H,22,25)/p+1. The van der Waals surface area contributed by atoms with Crippen LogP contribution in [0.3, 0.4) is 0 Å². The molecule has 0 fully saturated rings. The van der Waals surface area contributed by atoms with Crippen molar-refractivity contribution >= 4 is 46.6 Å². The first-order valence-electron chi connectivity index (χ1n) is 8.74. The SMILES string of the molecule is CC[NH+](CC(=O)NC(C)C)CC(=O)N(C)CC(=O)Nc1c(Cl)cccc1Cl. The number of nitrogens with one attached hydrogen (secondary N) is 3. The van der Waals surface area contributed by atoms with Crippen LogP contribution >= 0.6 is 23.2 Å². The lowest BCUT2D eigenvalue weighted by atomic mass is 10.3. The predicted molar refractivity (Wildman–Crippen MR) is 107 cm³/mol. The molecule has 1 rings (SSSR count). The van der Waals surface area contributed by atoms with Crippen LogP contribution in [0.25, 0.3) is 0 Å². The van der Waals surface area contributed by atoms with Gasteiger partial charge in [0, 0.05) is 13.1 Å². The summed E-state index contributed by atoms with van der Waals surface area (Å²) in [5, 5.41) is 6.07. The molecule has 0 bridgehead atoms. The van der Waals surface area contributed by atoms with Gasteiger partial charge in [-0.15, -0.1) is 0 Å². The van der Waals surface area contributed by atoms with E-state index >= 15 is 0 Å². The molecule has 0 aliphatic heterocycles. The summed E-state index contributed by atoms with van der Waals surface area (Å²) >= 11 is 12.0. The van der Waals surface area contributed by atoms with Gasteiger partial charge in [-0.1, -0.05) is 29.3 Å². The van der Waals surface area contributed by atoms with Gasteiger partial charge < -0.3 is 20.4 Å². The maximum Gasteiger partial charge on any atom is 0.277 e. The van der Waals surface area contributed by atoms with Gasteiger partial charge in [0.15, 0.2) is 13.1 Å². The normalized spacial score (nSPS) is 11.8. The maximum absolute atomic E-state index is 12.4. The lowest BCUT2D eigenvalue weighted by Crippen LogP contribution is -3.14. The Labute approximate surface area is 170 Å². The van der Waals surface area contributed by atoms with Crippen LogP contribution in [0.5, 0.6) is 0 Å². The Morgan fingerprint density at radius 3 is 2.22 bits per heavy atom. The molecule has 0 saturated carbocycles. The number of nitrogens with zero attached hydrogens (tertiary/aromatic N) is 1. The number of rotatable bonds is 9. The number of carbonyl (C=O) groups is 3. The van der Waals surface area contributed by atoms with E-state index in [1.807, 2.05) is 20.8 Å². The van der Waals surface area contributed by atoms with Crippen LogP contribution in [0.1, 0.15) is 20.8 Å². The predicted octanol–water partition coefficient (Wildman–Crippen LogP) is 0.820. The molecule has 1 aromatic rings. The molecule has 0 radical (unpaired) electrons. The summed E-state index contributed by atoms with van der Waals surface area (Å²) in [6.07, 6.45) is 0. The van der Waals surface area contributed by atoms with Gasteiger partial charge in [-0.2, -0.15) is 0 Å². The zero-order chi connectivity index (χ0) is 20.6. The van der Waals surface area contributed by atoms with Crippen LogP contribution < -0.4 is 15.5 Å². The second-order valence-electron chi connectivity index (χ2n) is 6.57. The first-order chi connectivity index (χ1) is 12.6. The van der Waals surface area contributed by atoms with Crippen LogP contribution in [0.4, 0.5) is 5.69 Å². The number of likely N-dealkylation sites (N-methyl/N-ethyl adjacent to an activating group) is 2. The van der Waals surface area contributed by atoms with Crippen LogP contribution in [0.15, 0.2) is 18.2 Å². The van der Waals surface area contributed by atoms with Crippen LogP contribution in [0.2, 0.25) is 10.0 Å². The average Bonchev–Trinajstić information content (AvgIpc) is 2.56. The number of hydrogen-bond donors (Lipinski definition) is 3. The molecule has 150 valence electrons. The zero-order valence-electron chi connectivity index (χ0n) is 16.1. The topological polar surface area (TPSA) is 83.0 Å². The Kier molecular flexibility index (Phi) is 9.55. The van der Waals surface area contributed by atoms with Crippen molar-refractivity contribution in [2.24, 2.45) is 0 Å². The highest BCUT2D eigenvalue weighted by Crippen LogP contribution is 2.29. The summed E-state index contributed by atoms with van der Waals surface area (Å²) in [4.78, 5) is 38.6. The number of hydrogen-bond acceptors (Lipinski definition) is 3. The van der Waals surface area contributed by atoms with Crippen LogP contribution in [0, 0.1) is 0 Å². The van der Waals surface area contributed by atoms with E-state index in [2.05, 4.69) is 10.6 Å². The molecule has 3 amide bonds. The van der Waals surface area contributed by atoms with Crippen molar-refractivity contribution in [1.82, 2.24) is 10.2 Å². The molecule has 0 aliphatic rings. The third kappa shape index (κ3) is 8.15. The largest absolute Gasteiger partial charge is 0.349 e. The molecule has 9 heteroatoms. The fourth-order valence-corrected chi connectivity index (χ4v) is 2.85. The van der Waals surface area contributed by atoms with Gasteiger partial charge in [0.2, 0.25) is 5.91 Å². The highest BCUT2D eigenvalue weighted by atomic mass is 35.5. The molecular formula is C18H27Cl2N4O3+. The van der Waals surface area contributed by atoms with Crippen molar-refractivity contribution in [3.05, 3.63) is 28.2 Å². The molecular weight excluding hydrogens is 391 g/mol. The average molecular weight is 418 g/mol. The van der Waals surface area contributed by atoms with Crippen molar-refractivity contribution in [3.63, 3.8) is 0 Å². The van der Waals surface area contributed by atoms with E-state index in [0.717, 1.165) is 4.90 Å². The summed E-state index contributed by atoms with van der Waals surface area (Å²) in [6.45, 7) is 6.46. The number of halogens is 2. The first kappa shape index (κ1) is 23.2. The summed E-state index contributed by atoms with van der Waals surface area (Å²) < 4.78 is 0. The fourth-order valence-electron chi connectivity index (χ4n) is 2.36. The summed E-state index contributed by atoms with van der Waals surface area (Å²) in [7, 11) is 1.54. The molecule has 1 aromatic carbocycles. The van der Waals surface area contributed by atoms with E-state index < -0.39 is 5.91 Å². The molecule has 0 aliphatic carbocycles. The number of amides is 3. The Hall–Kier alpha value is -1.83. The van der Waals surface area contributed by atoms with Gasteiger partial charge in [0.1, 0.15) is 0 Å². The number of anilines is 1. The van der Waals surface area contributed by atoms with E-state index in [1.54, 1.807) is 18.2 Å². The minimum absolute atomic E-state index is 0.0503. The third-order valence-electron chi connectivity index (χ3n) is 3.80. The minimum atomic E-state index is -0.406. The number of para-hydroxylation sites is 1. The van der Waals surface area contributed by atoms with Gasteiger partial charge in [-0.05, 0) is 32.9 Å². The van der Waals surface area contributed by atoms with Gasteiger partial charge in [0.05, 0.1) is 28.8 Å². The Bertz CT molecular complexity index is 662. The van der Waals surface area contributed by atoms with Gasteiger partial charge in [-0.3, -0.25) is 14.4 Å². The molecule has 27 heavy (non-hydrogen) atoms. The van der Waals surface area contributed by atoms with Gasteiger partial charge in [-0.25, -0.2) is 0 Å². The molecule has 3 N–H and O–H groups in total. The zero-order valence-corrected chi connectivity index (χ0v) is 17.6. The van der Waals surface area contributed by atoms with Crippen molar-refractivity contribution in [2.45, 2.75) is 26.8 Å². The highest BCUT2D eigenvalue weighted by molar-refractivity contribution is 6.39. The van der Waals surface area contributed by atoms with Gasteiger partial charge >= 0.3 is 0 Å². The second kappa shape index (κ2) is 11.1. The number of benzene rings is 1. The van der Waals surface area contributed by atoms with Crippen molar-refractivity contribution in [1.29, 1.82) is 0 Å². The highest BCUT2D eigenvalue weighted by Gasteiger charge is 2.21. The molecule has 0 spiro atoms. The third-order valence-corrected chi connectivity index (χ3v) is 4.43. The quantitative estimate of drug-likeness (QED) is 0.556. The minimum Gasteiger partial charge on any atom is -0.349 e. The molecule has 1 atom stereocenters. The van der Waals surface area contributed by atoms with E-state index in [0.29, 0.717) is 22.3 Å². The second-order valence-corrected chi connectivity index (χ2v) is 7.39. The lowest BCUT2D eigenvalue weighted by molar-refractivity contribution is -0.882. The van der Waals surface area contributed by atoms with E-state index in [4.69, 9.17) is 23.2 Å². The summed E-state index contributed by atoms with van der Waals surface area (Å²) in [5.41, 5.74) is 0.317. The molecule has 0 aromatic heterocycles. The van der Waals surface area contributed by atoms with Gasteiger partial charge in [0.25, 0.3) is 11.8 Å². The monoisotopic (exact) mass is 417 g/mol. The van der Waals surface area contributed by atoms with Crippen molar-refractivity contribution in [2.75, 3.05) is 38.5 Å². The molecule has 1 unspecified atom stereocenters. The van der Waals surface area contributed by atoms with Crippen molar-refractivity contribution < 1.29 is 19.3 Å². The smallest absolute Gasteiger partial charge is 0.277 e. The molecule has 7 nitrogen and oxygen atoms in total. The Morgan fingerprint density at radius 1 is 1.11 bits per heavy atom. The lowest BCUT2D eigenvalue weighted by Gasteiger charge is -2.22. The van der Waals surface area contributed by atoms with E-state index in [-0.39, 0.29) is 37.5 Å².